The molecule has 1 aromatic heterocycles. The Morgan fingerprint density at radius 2 is 2.05 bits per heavy atom. The predicted molar refractivity (Wildman–Crippen MR) is 76.2 cm³/mol. The summed E-state index contributed by atoms with van der Waals surface area (Å²) in [4.78, 5) is 10.2. The molecule has 1 aromatic carbocycles. The van der Waals surface area contributed by atoms with Crippen LogP contribution < -0.4 is 4.72 Å². The molecule has 0 unspecified atom stereocenters. The number of aromatic carboxylic acids is 1. The van der Waals surface area contributed by atoms with Crippen molar-refractivity contribution in [1.82, 2.24) is 0 Å². The molecule has 106 valence electrons. The second-order valence-electron chi connectivity index (χ2n) is 3.62. The van der Waals surface area contributed by atoms with Crippen molar-refractivity contribution in [3.63, 3.8) is 0 Å². The maximum atomic E-state index is 13.6. The van der Waals surface area contributed by atoms with E-state index in [-0.39, 0.29) is 15.0 Å². The molecule has 0 spiro atoms. The fraction of sp³-hybridized carbons (Fsp3) is 0. The monoisotopic (exact) mass is 379 g/mol. The largest absolute Gasteiger partial charge is 0.477 e. The Kier molecular flexibility index (Phi) is 4.11. The van der Waals surface area contributed by atoms with E-state index in [1.165, 1.54) is 17.5 Å². The summed E-state index contributed by atoms with van der Waals surface area (Å²) < 4.78 is 40.1. The highest BCUT2D eigenvalue weighted by Crippen LogP contribution is 2.29. The third-order valence-corrected chi connectivity index (χ3v) is 5.40. The Balaban J connectivity index is 2.47. The standard InChI is InChI=1S/C11H7BrFNO4S2/c12-6-2-1-3-7(13)9(6)14-20(17,18)8-4-5-19-10(8)11(15)16/h1-5,14H,(H,15,16). The van der Waals surface area contributed by atoms with Gasteiger partial charge >= 0.3 is 5.97 Å². The maximum Gasteiger partial charge on any atom is 0.347 e. The Morgan fingerprint density at radius 1 is 1.35 bits per heavy atom. The number of halogens is 2. The Labute approximate surface area is 126 Å². The lowest BCUT2D eigenvalue weighted by molar-refractivity contribution is 0.0698. The van der Waals surface area contributed by atoms with E-state index in [2.05, 4.69) is 15.9 Å². The van der Waals surface area contributed by atoms with Crippen LogP contribution in [0.5, 0.6) is 0 Å². The highest BCUT2D eigenvalue weighted by Gasteiger charge is 2.25. The van der Waals surface area contributed by atoms with Gasteiger partial charge in [0.1, 0.15) is 15.6 Å². The Bertz CT molecular complexity index is 752. The highest BCUT2D eigenvalue weighted by molar-refractivity contribution is 9.10. The average molecular weight is 380 g/mol. The SMILES string of the molecule is O=C(O)c1sccc1S(=O)(=O)Nc1c(F)cccc1Br. The summed E-state index contributed by atoms with van der Waals surface area (Å²) in [7, 11) is -4.18. The summed E-state index contributed by atoms with van der Waals surface area (Å²) in [6.45, 7) is 0. The number of carboxylic acid groups (broad SMARTS) is 1. The first-order chi connectivity index (χ1) is 9.33. The van der Waals surface area contributed by atoms with Gasteiger partial charge in [0.25, 0.3) is 10.0 Å². The molecule has 9 heteroatoms. The number of carbonyl (C=O) groups is 1. The van der Waals surface area contributed by atoms with Crippen LogP contribution in [0, 0.1) is 5.82 Å². The zero-order chi connectivity index (χ0) is 14.9. The molecule has 2 aromatic rings. The van der Waals surface area contributed by atoms with Crippen LogP contribution in [-0.2, 0) is 10.0 Å². The third-order valence-electron chi connectivity index (χ3n) is 2.31. The number of carboxylic acids is 1. The van der Waals surface area contributed by atoms with Gasteiger partial charge in [0.2, 0.25) is 0 Å². The van der Waals surface area contributed by atoms with Crippen molar-refractivity contribution in [3.8, 4) is 0 Å². The molecule has 0 atom stereocenters. The van der Waals surface area contributed by atoms with Crippen LogP contribution in [-0.4, -0.2) is 19.5 Å². The van der Waals surface area contributed by atoms with Crippen molar-refractivity contribution in [2.24, 2.45) is 0 Å². The molecule has 0 aliphatic carbocycles. The Hall–Kier alpha value is -1.45. The summed E-state index contributed by atoms with van der Waals surface area (Å²) in [6.07, 6.45) is 0. The summed E-state index contributed by atoms with van der Waals surface area (Å²) in [5, 5.41) is 10.3. The summed E-state index contributed by atoms with van der Waals surface area (Å²) in [6, 6.07) is 5.12. The van der Waals surface area contributed by atoms with Crippen molar-refractivity contribution in [2.45, 2.75) is 4.90 Å². The minimum Gasteiger partial charge on any atom is -0.477 e. The molecule has 0 radical (unpaired) electrons. The van der Waals surface area contributed by atoms with E-state index in [0.717, 1.165) is 23.5 Å². The van der Waals surface area contributed by atoms with Gasteiger partial charge < -0.3 is 5.11 Å². The molecule has 0 aliphatic rings. The maximum absolute atomic E-state index is 13.6. The van der Waals surface area contributed by atoms with E-state index in [9.17, 15) is 17.6 Å². The topological polar surface area (TPSA) is 83.5 Å². The van der Waals surface area contributed by atoms with Crippen molar-refractivity contribution in [2.75, 3.05) is 4.72 Å². The number of thiophene rings is 1. The molecule has 5 nitrogen and oxygen atoms in total. The number of rotatable bonds is 4. The van der Waals surface area contributed by atoms with Crippen LogP contribution in [0.3, 0.4) is 0 Å². The van der Waals surface area contributed by atoms with E-state index < -0.39 is 26.7 Å². The summed E-state index contributed by atoms with van der Waals surface area (Å²) in [5.74, 6) is -2.12. The smallest absolute Gasteiger partial charge is 0.347 e. The minimum atomic E-state index is -4.18. The van der Waals surface area contributed by atoms with Gasteiger partial charge in [0.15, 0.2) is 0 Å². The molecular weight excluding hydrogens is 373 g/mol. The van der Waals surface area contributed by atoms with Gasteiger partial charge in [-0.1, -0.05) is 6.07 Å². The first-order valence-corrected chi connectivity index (χ1v) is 8.26. The number of nitrogens with one attached hydrogen (secondary N) is 1. The zero-order valence-electron chi connectivity index (χ0n) is 9.63. The van der Waals surface area contributed by atoms with E-state index in [0.29, 0.717) is 0 Å². The lowest BCUT2D eigenvalue weighted by Gasteiger charge is -2.10. The fourth-order valence-corrected chi connectivity index (χ4v) is 4.37. The molecule has 2 N–H and O–H groups in total. The fourth-order valence-electron chi connectivity index (χ4n) is 1.45. The van der Waals surface area contributed by atoms with Gasteiger partial charge in [0.05, 0.1) is 5.69 Å². The summed E-state index contributed by atoms with van der Waals surface area (Å²) >= 11 is 3.81. The predicted octanol–water partition coefficient (Wildman–Crippen LogP) is 3.15. The van der Waals surface area contributed by atoms with E-state index in [1.54, 1.807) is 0 Å². The van der Waals surface area contributed by atoms with Crippen LogP contribution in [0.1, 0.15) is 9.67 Å². The van der Waals surface area contributed by atoms with E-state index in [4.69, 9.17) is 5.11 Å². The van der Waals surface area contributed by atoms with Gasteiger partial charge in [-0.3, -0.25) is 4.72 Å². The normalized spacial score (nSPS) is 11.3. The number of anilines is 1. The second-order valence-corrected chi connectivity index (χ2v) is 7.04. The van der Waals surface area contributed by atoms with Gasteiger partial charge in [-0.25, -0.2) is 17.6 Å². The van der Waals surface area contributed by atoms with E-state index >= 15 is 0 Å². The lowest BCUT2D eigenvalue weighted by Crippen LogP contribution is -2.16. The molecule has 0 amide bonds. The number of sulfonamides is 1. The van der Waals surface area contributed by atoms with Gasteiger partial charge in [-0.05, 0) is 39.5 Å². The zero-order valence-corrected chi connectivity index (χ0v) is 12.9. The van der Waals surface area contributed by atoms with Crippen molar-refractivity contribution < 1.29 is 22.7 Å². The van der Waals surface area contributed by atoms with Crippen molar-refractivity contribution in [3.05, 3.63) is 44.8 Å². The molecule has 20 heavy (non-hydrogen) atoms. The summed E-state index contributed by atoms with van der Waals surface area (Å²) in [5.41, 5.74) is -0.268. The number of hydrogen-bond acceptors (Lipinski definition) is 4. The molecule has 1 heterocycles. The lowest BCUT2D eigenvalue weighted by atomic mass is 10.3. The first kappa shape index (κ1) is 14.9. The number of benzene rings is 1. The highest BCUT2D eigenvalue weighted by atomic mass is 79.9. The number of para-hydroxylation sites is 1. The molecule has 0 aliphatic heterocycles. The van der Waals surface area contributed by atoms with Crippen LogP contribution in [0.2, 0.25) is 0 Å². The van der Waals surface area contributed by atoms with Crippen LogP contribution in [0.4, 0.5) is 10.1 Å². The van der Waals surface area contributed by atoms with Crippen LogP contribution >= 0.6 is 27.3 Å². The molecule has 0 saturated carbocycles. The minimum absolute atomic E-state index is 0.216. The Morgan fingerprint density at radius 3 is 2.65 bits per heavy atom. The van der Waals surface area contributed by atoms with E-state index in [1.807, 2.05) is 4.72 Å². The first-order valence-electron chi connectivity index (χ1n) is 5.10. The third kappa shape index (κ3) is 2.84. The van der Waals surface area contributed by atoms with Gasteiger partial charge in [-0.15, -0.1) is 11.3 Å². The molecule has 0 saturated heterocycles. The quantitative estimate of drug-likeness (QED) is 0.854. The average Bonchev–Trinajstić information content (AvgIpc) is 2.84. The van der Waals surface area contributed by atoms with Crippen LogP contribution in [0.15, 0.2) is 39.0 Å². The number of hydrogen-bond donors (Lipinski definition) is 2. The molecular formula is C11H7BrFNO4S2. The van der Waals surface area contributed by atoms with Crippen molar-refractivity contribution >= 4 is 48.9 Å². The second kappa shape index (κ2) is 5.51. The van der Waals surface area contributed by atoms with Gasteiger partial charge in [0, 0.05) is 4.47 Å². The molecule has 0 bridgehead atoms. The van der Waals surface area contributed by atoms with Gasteiger partial charge in [-0.2, -0.15) is 0 Å². The molecule has 0 fully saturated rings. The van der Waals surface area contributed by atoms with Crippen LogP contribution in [0.25, 0.3) is 0 Å². The van der Waals surface area contributed by atoms with Crippen molar-refractivity contribution in [1.29, 1.82) is 0 Å². The molecule has 2 rings (SSSR count).